The molecule has 1 N–H and O–H groups in total. The Morgan fingerprint density at radius 3 is 2.80 bits per heavy atom. The van der Waals surface area contributed by atoms with E-state index in [0.29, 0.717) is 0 Å². The Balaban J connectivity index is 1.48. The number of ether oxygens (including phenoxy) is 1. The first-order valence-corrected chi connectivity index (χ1v) is 6.60. The molecule has 0 saturated heterocycles. The maximum Gasteiger partial charge on any atom is 0.0587 e. The van der Waals surface area contributed by atoms with Gasteiger partial charge in [-0.25, -0.2) is 0 Å². The van der Waals surface area contributed by atoms with Crippen LogP contribution >= 0.6 is 0 Å². The van der Waals surface area contributed by atoms with Crippen molar-refractivity contribution in [2.75, 3.05) is 26.8 Å². The fraction of sp³-hybridized carbons (Fsp3) is 1.00. The highest BCUT2D eigenvalue weighted by atomic mass is 16.5. The van der Waals surface area contributed by atoms with Crippen LogP contribution < -0.4 is 5.32 Å². The van der Waals surface area contributed by atoms with Gasteiger partial charge in [0.1, 0.15) is 0 Å². The molecule has 0 amide bonds. The largest absolute Gasteiger partial charge is 0.383 e. The highest BCUT2D eigenvalue weighted by Gasteiger charge is 2.38. The average Bonchev–Trinajstić information content (AvgIpc) is 2.85. The SMILES string of the molecule is COCCNCCCC1CC2CCC1C2. The Kier molecular flexibility index (Phi) is 4.45. The van der Waals surface area contributed by atoms with E-state index in [1.165, 1.54) is 32.2 Å². The third kappa shape index (κ3) is 3.18. The summed E-state index contributed by atoms with van der Waals surface area (Å²) in [5.74, 6) is 3.29. The van der Waals surface area contributed by atoms with Crippen molar-refractivity contribution in [3.8, 4) is 0 Å². The number of rotatable bonds is 7. The lowest BCUT2D eigenvalue weighted by molar-refractivity contribution is 0.199. The molecule has 2 aliphatic rings. The first-order valence-electron chi connectivity index (χ1n) is 6.60. The molecule has 0 radical (unpaired) electrons. The van der Waals surface area contributed by atoms with Gasteiger partial charge in [0, 0.05) is 13.7 Å². The number of nitrogens with one attached hydrogen (secondary N) is 1. The summed E-state index contributed by atoms with van der Waals surface area (Å²) >= 11 is 0. The lowest BCUT2D eigenvalue weighted by Crippen LogP contribution is -2.21. The molecule has 0 aromatic carbocycles. The Morgan fingerprint density at radius 2 is 2.13 bits per heavy atom. The third-order valence-electron chi connectivity index (χ3n) is 4.30. The summed E-state index contributed by atoms with van der Waals surface area (Å²) in [6.07, 6.45) is 8.99. The minimum Gasteiger partial charge on any atom is -0.383 e. The zero-order valence-corrected chi connectivity index (χ0v) is 10.0. The van der Waals surface area contributed by atoms with Gasteiger partial charge in [0.05, 0.1) is 6.61 Å². The second kappa shape index (κ2) is 5.86. The van der Waals surface area contributed by atoms with E-state index >= 15 is 0 Å². The van der Waals surface area contributed by atoms with Gasteiger partial charge < -0.3 is 10.1 Å². The lowest BCUT2D eigenvalue weighted by atomic mass is 9.85. The molecule has 0 aromatic heterocycles. The first kappa shape index (κ1) is 11.4. The van der Waals surface area contributed by atoms with Crippen LogP contribution in [0.1, 0.15) is 38.5 Å². The van der Waals surface area contributed by atoms with Crippen LogP contribution in [0.25, 0.3) is 0 Å². The van der Waals surface area contributed by atoms with E-state index in [9.17, 15) is 0 Å². The van der Waals surface area contributed by atoms with Gasteiger partial charge >= 0.3 is 0 Å². The van der Waals surface area contributed by atoms with E-state index < -0.39 is 0 Å². The molecular weight excluding hydrogens is 186 g/mol. The molecule has 0 spiro atoms. The molecule has 2 bridgehead atoms. The van der Waals surface area contributed by atoms with Gasteiger partial charge in [-0.05, 0) is 56.4 Å². The summed E-state index contributed by atoms with van der Waals surface area (Å²) in [6.45, 7) is 3.03. The van der Waals surface area contributed by atoms with Crippen molar-refractivity contribution in [1.29, 1.82) is 0 Å². The molecule has 2 saturated carbocycles. The third-order valence-corrected chi connectivity index (χ3v) is 4.30. The molecule has 2 heteroatoms. The molecule has 2 nitrogen and oxygen atoms in total. The average molecular weight is 211 g/mol. The second-order valence-electron chi connectivity index (χ2n) is 5.32. The second-order valence-corrected chi connectivity index (χ2v) is 5.32. The molecule has 88 valence electrons. The van der Waals surface area contributed by atoms with E-state index in [2.05, 4.69) is 5.32 Å². The van der Waals surface area contributed by atoms with Gasteiger partial charge in [-0.15, -0.1) is 0 Å². The summed E-state index contributed by atoms with van der Waals surface area (Å²) in [4.78, 5) is 0. The van der Waals surface area contributed by atoms with Crippen molar-refractivity contribution in [1.82, 2.24) is 5.32 Å². The molecule has 3 atom stereocenters. The summed E-state index contributed by atoms with van der Waals surface area (Å²) in [5.41, 5.74) is 0. The van der Waals surface area contributed by atoms with Gasteiger partial charge in [0.2, 0.25) is 0 Å². The van der Waals surface area contributed by atoms with E-state index in [4.69, 9.17) is 4.74 Å². The van der Waals surface area contributed by atoms with Crippen molar-refractivity contribution < 1.29 is 4.74 Å². The predicted molar refractivity (Wildman–Crippen MR) is 62.9 cm³/mol. The molecular formula is C13H25NO. The summed E-state index contributed by atoms with van der Waals surface area (Å²) < 4.78 is 5.00. The van der Waals surface area contributed by atoms with Crippen molar-refractivity contribution in [3.63, 3.8) is 0 Å². The van der Waals surface area contributed by atoms with Crippen LogP contribution in [-0.4, -0.2) is 26.8 Å². The minimum atomic E-state index is 0.841. The Morgan fingerprint density at radius 1 is 1.20 bits per heavy atom. The Bertz CT molecular complexity index is 183. The predicted octanol–water partition coefficient (Wildman–Crippen LogP) is 2.44. The lowest BCUT2D eigenvalue weighted by Gasteiger charge is -2.21. The van der Waals surface area contributed by atoms with Gasteiger partial charge in [-0.2, -0.15) is 0 Å². The van der Waals surface area contributed by atoms with Gasteiger partial charge in [0.15, 0.2) is 0 Å². The Labute approximate surface area is 93.8 Å². The maximum atomic E-state index is 5.00. The summed E-state index contributed by atoms with van der Waals surface area (Å²) in [7, 11) is 1.76. The monoisotopic (exact) mass is 211 g/mol. The first-order chi connectivity index (χ1) is 7.40. The molecule has 15 heavy (non-hydrogen) atoms. The quantitative estimate of drug-likeness (QED) is 0.653. The molecule has 3 unspecified atom stereocenters. The van der Waals surface area contributed by atoms with Gasteiger partial charge in [-0.1, -0.05) is 6.42 Å². The smallest absolute Gasteiger partial charge is 0.0587 e. The van der Waals surface area contributed by atoms with E-state index in [-0.39, 0.29) is 0 Å². The van der Waals surface area contributed by atoms with E-state index in [0.717, 1.165) is 30.9 Å². The fourth-order valence-corrected chi connectivity index (χ4v) is 3.52. The zero-order chi connectivity index (χ0) is 10.5. The molecule has 2 fully saturated rings. The summed E-state index contributed by atoms with van der Waals surface area (Å²) in [6, 6.07) is 0. The van der Waals surface area contributed by atoms with Crippen molar-refractivity contribution in [2.24, 2.45) is 17.8 Å². The number of fused-ring (bicyclic) bond motifs is 2. The summed E-state index contributed by atoms with van der Waals surface area (Å²) in [5, 5.41) is 3.43. The molecule has 0 aliphatic heterocycles. The highest BCUT2D eigenvalue weighted by molar-refractivity contribution is 4.89. The van der Waals surface area contributed by atoms with E-state index in [1.807, 2.05) is 0 Å². The van der Waals surface area contributed by atoms with Crippen LogP contribution in [-0.2, 0) is 4.74 Å². The zero-order valence-electron chi connectivity index (χ0n) is 10.0. The van der Waals surface area contributed by atoms with Crippen LogP contribution in [0.5, 0.6) is 0 Å². The van der Waals surface area contributed by atoms with Gasteiger partial charge in [0.25, 0.3) is 0 Å². The van der Waals surface area contributed by atoms with Crippen LogP contribution in [0, 0.1) is 17.8 Å². The minimum absolute atomic E-state index is 0.841. The van der Waals surface area contributed by atoms with Crippen LogP contribution in [0.15, 0.2) is 0 Å². The molecule has 0 aromatic rings. The topological polar surface area (TPSA) is 21.3 Å². The Hall–Kier alpha value is -0.0800. The van der Waals surface area contributed by atoms with Crippen LogP contribution in [0.4, 0.5) is 0 Å². The number of hydrogen-bond acceptors (Lipinski definition) is 2. The molecule has 0 heterocycles. The van der Waals surface area contributed by atoms with Crippen molar-refractivity contribution >= 4 is 0 Å². The van der Waals surface area contributed by atoms with E-state index in [1.54, 1.807) is 20.0 Å². The van der Waals surface area contributed by atoms with Crippen molar-refractivity contribution in [2.45, 2.75) is 38.5 Å². The van der Waals surface area contributed by atoms with Crippen LogP contribution in [0.3, 0.4) is 0 Å². The number of hydrogen-bond donors (Lipinski definition) is 1. The standard InChI is InChI=1S/C13H25NO/c1-15-8-7-14-6-2-3-12-9-11-4-5-13(12)10-11/h11-14H,2-10H2,1H3. The number of methoxy groups -OCH3 is 1. The molecule has 2 rings (SSSR count). The highest BCUT2D eigenvalue weighted by Crippen LogP contribution is 2.49. The van der Waals surface area contributed by atoms with Crippen molar-refractivity contribution in [3.05, 3.63) is 0 Å². The van der Waals surface area contributed by atoms with Crippen LogP contribution in [0.2, 0.25) is 0 Å². The maximum absolute atomic E-state index is 5.00. The fourth-order valence-electron chi connectivity index (χ4n) is 3.52. The normalized spacial score (nSPS) is 33.8. The van der Waals surface area contributed by atoms with Gasteiger partial charge in [-0.3, -0.25) is 0 Å². The molecule has 2 aliphatic carbocycles.